The van der Waals surface area contributed by atoms with E-state index in [9.17, 15) is 58.2 Å². The first-order valence-corrected chi connectivity index (χ1v) is 8.20. The monoisotopic (exact) mass is 474 g/mol. The molecule has 0 radical (unpaired) electrons. The summed E-state index contributed by atoms with van der Waals surface area (Å²) in [5.74, 6) is -37.9. The number of hydrogen-bond acceptors (Lipinski definition) is 3. The molecule has 176 valence electrons. The third-order valence-electron chi connectivity index (χ3n) is 4.88. The van der Waals surface area contributed by atoms with Gasteiger partial charge < -0.3 is 9.84 Å². The minimum Gasteiger partial charge on any atom is -0.426 e. The Labute approximate surface area is 166 Å². The van der Waals surface area contributed by atoms with Crippen molar-refractivity contribution in [1.29, 1.82) is 0 Å². The van der Waals surface area contributed by atoms with Gasteiger partial charge in [-0.3, -0.25) is 4.79 Å². The molecule has 3 nitrogen and oxygen atoms in total. The standard InChI is InChI=1S/C17H13F11O3/c1-8(29)31-10-6-4-3-5-9(10)11(2,30)7-12(18)13(19,20)15(23,24)17(27,28)16(25,26)14(12,21)22/h3-6,30H,7H2,1-2H3. The number of benzene rings is 1. The lowest BCUT2D eigenvalue weighted by atomic mass is 9.67. The minimum atomic E-state index is -7.34. The molecule has 1 aliphatic carbocycles. The van der Waals surface area contributed by atoms with Crippen molar-refractivity contribution in [2.45, 2.75) is 61.2 Å². The molecule has 0 bridgehead atoms. The van der Waals surface area contributed by atoms with Crippen molar-refractivity contribution >= 4 is 5.97 Å². The van der Waals surface area contributed by atoms with Gasteiger partial charge in [0.05, 0.1) is 5.60 Å². The van der Waals surface area contributed by atoms with E-state index in [2.05, 4.69) is 4.74 Å². The minimum absolute atomic E-state index is 0.284. The molecule has 1 saturated carbocycles. The molecule has 0 aliphatic heterocycles. The topological polar surface area (TPSA) is 46.5 Å². The average Bonchev–Trinajstić information content (AvgIpc) is 2.59. The van der Waals surface area contributed by atoms with Crippen LogP contribution in [0.1, 0.15) is 25.8 Å². The first-order chi connectivity index (χ1) is 13.6. The van der Waals surface area contributed by atoms with Crippen LogP contribution in [0.2, 0.25) is 0 Å². The van der Waals surface area contributed by atoms with Gasteiger partial charge in [-0.1, -0.05) is 18.2 Å². The number of rotatable bonds is 4. The lowest BCUT2D eigenvalue weighted by molar-refractivity contribution is -0.488. The van der Waals surface area contributed by atoms with Crippen LogP contribution in [0.4, 0.5) is 48.3 Å². The normalized spacial score (nSPS) is 26.5. The van der Waals surface area contributed by atoms with Crippen LogP contribution >= 0.6 is 0 Å². The van der Waals surface area contributed by atoms with Gasteiger partial charge in [-0.2, -0.15) is 43.9 Å². The van der Waals surface area contributed by atoms with Gasteiger partial charge in [0, 0.05) is 18.9 Å². The number of carbonyl (C=O) groups is 1. The Morgan fingerprint density at radius 2 is 1.23 bits per heavy atom. The second-order valence-corrected chi connectivity index (χ2v) is 7.21. The van der Waals surface area contributed by atoms with Crippen molar-refractivity contribution in [2.75, 3.05) is 0 Å². The number of para-hydroxylation sites is 1. The van der Waals surface area contributed by atoms with Gasteiger partial charge in [0.15, 0.2) is 0 Å². The summed E-state index contributed by atoms with van der Waals surface area (Å²) in [6.07, 6.45) is -2.90. The number of aliphatic hydroxyl groups is 1. The molecule has 2 rings (SSSR count). The van der Waals surface area contributed by atoms with Crippen LogP contribution in [0.3, 0.4) is 0 Å². The lowest BCUT2D eigenvalue weighted by Gasteiger charge is -2.53. The molecule has 14 heteroatoms. The molecule has 0 aromatic heterocycles. The Kier molecular flexibility index (Phi) is 5.42. The summed E-state index contributed by atoms with van der Waals surface area (Å²) in [5, 5.41) is 10.4. The van der Waals surface area contributed by atoms with E-state index < -0.39 is 64.6 Å². The van der Waals surface area contributed by atoms with Crippen molar-refractivity contribution in [1.82, 2.24) is 0 Å². The zero-order valence-corrected chi connectivity index (χ0v) is 15.4. The van der Waals surface area contributed by atoms with E-state index in [-0.39, 0.29) is 6.92 Å². The second kappa shape index (κ2) is 6.69. The zero-order valence-electron chi connectivity index (χ0n) is 15.4. The van der Waals surface area contributed by atoms with E-state index >= 15 is 0 Å². The highest BCUT2D eigenvalue weighted by molar-refractivity contribution is 5.70. The Morgan fingerprint density at radius 3 is 1.65 bits per heavy atom. The van der Waals surface area contributed by atoms with Gasteiger partial charge in [0.2, 0.25) is 0 Å². The molecule has 1 aromatic rings. The summed E-state index contributed by atoms with van der Waals surface area (Å²) in [5.41, 5.74) is -10.7. The summed E-state index contributed by atoms with van der Waals surface area (Å²) >= 11 is 0. The van der Waals surface area contributed by atoms with Crippen LogP contribution in [0.25, 0.3) is 0 Å². The fourth-order valence-corrected chi connectivity index (χ4v) is 3.23. The number of alkyl halides is 11. The van der Waals surface area contributed by atoms with Crippen LogP contribution in [0.15, 0.2) is 24.3 Å². The molecule has 0 heterocycles. The number of hydrogen-bond donors (Lipinski definition) is 1. The second-order valence-electron chi connectivity index (χ2n) is 7.21. The van der Waals surface area contributed by atoms with Gasteiger partial charge in [-0.05, 0) is 13.0 Å². The van der Waals surface area contributed by atoms with E-state index in [0.717, 1.165) is 25.1 Å². The largest absolute Gasteiger partial charge is 0.426 e. The molecule has 1 fully saturated rings. The molecule has 0 amide bonds. The fraction of sp³-hybridized carbons (Fsp3) is 0.588. The van der Waals surface area contributed by atoms with Gasteiger partial charge in [-0.25, -0.2) is 4.39 Å². The van der Waals surface area contributed by atoms with Gasteiger partial charge >= 0.3 is 35.6 Å². The number of esters is 1. The predicted molar refractivity (Wildman–Crippen MR) is 80.5 cm³/mol. The molecule has 1 unspecified atom stereocenters. The van der Waals surface area contributed by atoms with E-state index in [4.69, 9.17) is 0 Å². The lowest BCUT2D eigenvalue weighted by Crippen LogP contribution is -2.84. The first kappa shape index (κ1) is 25.1. The quantitative estimate of drug-likeness (QED) is 0.375. The van der Waals surface area contributed by atoms with Crippen molar-refractivity contribution in [2.24, 2.45) is 0 Å². The van der Waals surface area contributed by atoms with Gasteiger partial charge in [-0.15, -0.1) is 0 Å². The third-order valence-corrected chi connectivity index (χ3v) is 4.88. The smallest absolute Gasteiger partial charge is 0.384 e. The number of ether oxygens (including phenoxy) is 1. The Morgan fingerprint density at radius 1 is 0.839 bits per heavy atom. The Balaban J connectivity index is 2.73. The molecule has 0 saturated heterocycles. The van der Waals surface area contributed by atoms with Crippen LogP contribution in [-0.2, 0) is 10.4 Å². The van der Waals surface area contributed by atoms with Crippen molar-refractivity contribution < 1.29 is 62.9 Å². The van der Waals surface area contributed by atoms with E-state index in [1.807, 2.05) is 0 Å². The molecular formula is C17H13F11O3. The molecule has 1 aromatic carbocycles. The molecule has 1 aliphatic rings. The molecule has 1 atom stereocenters. The molecule has 31 heavy (non-hydrogen) atoms. The highest BCUT2D eigenvalue weighted by atomic mass is 19.4. The van der Waals surface area contributed by atoms with E-state index in [0.29, 0.717) is 6.07 Å². The fourth-order valence-electron chi connectivity index (χ4n) is 3.23. The zero-order chi connectivity index (χ0) is 24.5. The third kappa shape index (κ3) is 3.00. The maximum absolute atomic E-state index is 15.0. The summed E-state index contributed by atoms with van der Waals surface area (Å²) in [4.78, 5) is 11.1. The first-order valence-electron chi connectivity index (χ1n) is 8.20. The number of halogens is 11. The SMILES string of the molecule is CC(=O)Oc1ccccc1C(C)(O)CC1(F)C(F)(F)C(F)(F)C(F)(F)C(F)(F)C1(F)F. The van der Waals surface area contributed by atoms with Crippen LogP contribution < -0.4 is 4.74 Å². The summed E-state index contributed by atoms with van der Waals surface area (Å²) in [6.45, 7) is 1.08. The van der Waals surface area contributed by atoms with Crippen molar-refractivity contribution in [3.63, 3.8) is 0 Å². The van der Waals surface area contributed by atoms with Gasteiger partial charge in [0.25, 0.3) is 5.67 Å². The Bertz CT molecular complexity index is 850. The van der Waals surface area contributed by atoms with Gasteiger partial charge in [0.1, 0.15) is 5.75 Å². The average molecular weight is 474 g/mol. The van der Waals surface area contributed by atoms with Crippen molar-refractivity contribution in [3.05, 3.63) is 29.8 Å². The maximum Gasteiger partial charge on any atom is 0.384 e. The van der Waals surface area contributed by atoms with E-state index in [1.54, 1.807) is 0 Å². The Hall–Kier alpha value is -2.12. The predicted octanol–water partition coefficient (Wildman–Crippen LogP) is 5.11. The van der Waals surface area contributed by atoms with Crippen LogP contribution in [-0.4, -0.2) is 46.4 Å². The van der Waals surface area contributed by atoms with Crippen LogP contribution in [0, 0.1) is 0 Å². The van der Waals surface area contributed by atoms with E-state index in [1.165, 1.54) is 0 Å². The highest BCUT2D eigenvalue weighted by Gasteiger charge is 3.01. The maximum atomic E-state index is 15.0. The highest BCUT2D eigenvalue weighted by Crippen LogP contribution is 2.71. The summed E-state index contributed by atoms with van der Waals surface area (Å²) < 4.78 is 157. The summed E-state index contributed by atoms with van der Waals surface area (Å²) in [7, 11) is 0. The summed E-state index contributed by atoms with van der Waals surface area (Å²) in [6, 6.07) is 3.64. The van der Waals surface area contributed by atoms with Crippen LogP contribution in [0.5, 0.6) is 5.75 Å². The van der Waals surface area contributed by atoms with Crippen molar-refractivity contribution in [3.8, 4) is 5.75 Å². The molecule has 0 spiro atoms. The number of carbonyl (C=O) groups excluding carboxylic acids is 1. The molecular weight excluding hydrogens is 461 g/mol. The molecule has 1 N–H and O–H groups in total.